The van der Waals surface area contributed by atoms with E-state index >= 15 is 0 Å². The lowest BCUT2D eigenvalue weighted by Gasteiger charge is -2.53. The molecule has 1 aliphatic carbocycles. The zero-order chi connectivity index (χ0) is 25.4. The van der Waals surface area contributed by atoms with Gasteiger partial charge in [-0.15, -0.1) is 0 Å². The summed E-state index contributed by atoms with van der Waals surface area (Å²) in [6.07, 6.45) is -4.56. The molecule has 35 heavy (non-hydrogen) atoms. The van der Waals surface area contributed by atoms with Gasteiger partial charge in [0.2, 0.25) is 6.79 Å². The van der Waals surface area contributed by atoms with Gasteiger partial charge in [-0.1, -0.05) is 26.0 Å². The minimum absolute atomic E-state index is 0.0972. The molecule has 0 saturated heterocycles. The van der Waals surface area contributed by atoms with Gasteiger partial charge in [0.05, 0.1) is 18.1 Å². The predicted octanol–water partition coefficient (Wildman–Crippen LogP) is 2.94. The van der Waals surface area contributed by atoms with E-state index in [4.69, 9.17) is 9.47 Å². The molecule has 2 unspecified atom stereocenters. The van der Waals surface area contributed by atoms with Crippen molar-refractivity contribution in [2.75, 3.05) is 18.7 Å². The standard InChI is InChI=1S/C24H24F3N3O5/c1-21(2)10-23(33,24(25,26)27)22(32,15-7-8-17-19(18(15)21)35-12-34-17)11-28-16-6-4-5-13-14(16)9-29-30(3)20(13)31/h4-9,28,32-33H,10-12H2,1-3H3. The van der Waals surface area contributed by atoms with Crippen molar-refractivity contribution in [3.05, 3.63) is 58.0 Å². The van der Waals surface area contributed by atoms with E-state index in [-0.39, 0.29) is 29.4 Å². The fraction of sp³-hybridized carbons (Fsp3) is 0.417. The van der Waals surface area contributed by atoms with Gasteiger partial charge in [0.25, 0.3) is 5.56 Å². The van der Waals surface area contributed by atoms with Crippen LogP contribution in [0.2, 0.25) is 0 Å². The number of benzene rings is 2. The molecule has 3 aromatic rings. The maximum atomic E-state index is 14.5. The van der Waals surface area contributed by atoms with E-state index in [0.29, 0.717) is 22.1 Å². The van der Waals surface area contributed by atoms with Gasteiger partial charge in [-0.25, -0.2) is 4.68 Å². The van der Waals surface area contributed by atoms with Crippen LogP contribution in [0, 0.1) is 0 Å². The number of rotatable bonds is 3. The fourth-order valence-corrected chi connectivity index (χ4v) is 5.30. The number of nitrogens with one attached hydrogen (secondary N) is 1. The first-order chi connectivity index (χ1) is 16.3. The molecular formula is C24H24F3N3O5. The highest BCUT2D eigenvalue weighted by atomic mass is 19.4. The maximum Gasteiger partial charge on any atom is 0.420 e. The number of hydrogen-bond acceptors (Lipinski definition) is 7. The number of aromatic nitrogens is 2. The Hall–Kier alpha value is -3.31. The zero-order valence-electron chi connectivity index (χ0n) is 19.2. The van der Waals surface area contributed by atoms with Crippen LogP contribution < -0.4 is 20.3 Å². The molecule has 0 spiro atoms. The van der Waals surface area contributed by atoms with Crippen molar-refractivity contribution in [2.24, 2.45) is 7.05 Å². The number of fused-ring (bicyclic) bond motifs is 4. The summed E-state index contributed by atoms with van der Waals surface area (Å²) < 4.78 is 55.5. The van der Waals surface area contributed by atoms with Gasteiger partial charge < -0.3 is 25.0 Å². The van der Waals surface area contributed by atoms with E-state index in [1.165, 1.54) is 25.4 Å². The Bertz CT molecular complexity index is 1400. The molecule has 186 valence electrons. The summed E-state index contributed by atoms with van der Waals surface area (Å²) >= 11 is 0. The van der Waals surface area contributed by atoms with E-state index in [0.717, 1.165) is 4.68 Å². The first kappa shape index (κ1) is 23.4. The minimum atomic E-state index is -5.16. The number of nitrogens with zero attached hydrogens (tertiary/aromatic N) is 2. The van der Waals surface area contributed by atoms with E-state index in [1.54, 1.807) is 32.0 Å². The van der Waals surface area contributed by atoms with Crippen LogP contribution in [0.3, 0.4) is 0 Å². The molecule has 0 bridgehead atoms. The maximum absolute atomic E-state index is 14.5. The van der Waals surface area contributed by atoms with Gasteiger partial charge in [-0.05, 0) is 35.6 Å². The first-order valence-electron chi connectivity index (χ1n) is 10.9. The molecule has 3 N–H and O–H groups in total. The largest absolute Gasteiger partial charge is 0.454 e. The second kappa shape index (κ2) is 7.34. The molecule has 0 saturated carbocycles. The Balaban J connectivity index is 1.67. The lowest BCUT2D eigenvalue weighted by Crippen LogP contribution is -2.68. The average molecular weight is 491 g/mol. The number of hydrogen-bond donors (Lipinski definition) is 3. The van der Waals surface area contributed by atoms with Crippen molar-refractivity contribution in [2.45, 2.75) is 43.1 Å². The second-order valence-corrected chi connectivity index (χ2v) is 9.69. The van der Waals surface area contributed by atoms with E-state index < -0.39 is 35.8 Å². The highest BCUT2D eigenvalue weighted by molar-refractivity contribution is 5.92. The van der Waals surface area contributed by atoms with Crippen LogP contribution in [0.1, 0.15) is 31.4 Å². The first-order valence-corrected chi connectivity index (χ1v) is 10.9. The quantitative estimate of drug-likeness (QED) is 0.517. The molecule has 0 fully saturated rings. The third-order valence-electron chi connectivity index (χ3n) is 7.04. The number of halogens is 3. The Kier molecular flexibility index (Phi) is 4.92. The number of anilines is 1. The molecule has 0 radical (unpaired) electrons. The van der Waals surface area contributed by atoms with Crippen molar-refractivity contribution in [1.82, 2.24) is 9.78 Å². The number of aliphatic hydroxyl groups is 2. The van der Waals surface area contributed by atoms with E-state index in [2.05, 4.69) is 10.4 Å². The molecule has 2 aromatic carbocycles. The number of aryl methyl sites for hydroxylation is 1. The smallest absolute Gasteiger partial charge is 0.420 e. The lowest BCUT2D eigenvalue weighted by atomic mass is 9.58. The van der Waals surface area contributed by atoms with Crippen molar-refractivity contribution in [3.63, 3.8) is 0 Å². The predicted molar refractivity (Wildman–Crippen MR) is 121 cm³/mol. The van der Waals surface area contributed by atoms with Crippen molar-refractivity contribution < 1.29 is 32.9 Å². The average Bonchev–Trinajstić information content (AvgIpc) is 3.26. The summed E-state index contributed by atoms with van der Waals surface area (Å²) in [4.78, 5) is 12.4. The van der Waals surface area contributed by atoms with E-state index in [1.807, 2.05) is 0 Å². The zero-order valence-corrected chi connectivity index (χ0v) is 19.2. The minimum Gasteiger partial charge on any atom is -0.454 e. The molecule has 1 aromatic heterocycles. The van der Waals surface area contributed by atoms with Gasteiger partial charge >= 0.3 is 6.18 Å². The van der Waals surface area contributed by atoms with Crippen LogP contribution in [0.4, 0.5) is 18.9 Å². The third-order valence-corrected chi connectivity index (χ3v) is 7.04. The van der Waals surface area contributed by atoms with Crippen molar-refractivity contribution in [1.29, 1.82) is 0 Å². The molecule has 5 rings (SSSR count). The van der Waals surface area contributed by atoms with Crippen molar-refractivity contribution >= 4 is 16.5 Å². The van der Waals surface area contributed by atoms with Crippen LogP contribution in [0.15, 0.2) is 41.3 Å². The summed E-state index contributed by atoms with van der Waals surface area (Å²) in [7, 11) is 1.49. The highest BCUT2D eigenvalue weighted by Gasteiger charge is 2.71. The summed E-state index contributed by atoms with van der Waals surface area (Å²) in [5.41, 5.74) is -7.35. The Morgan fingerprint density at radius 2 is 1.89 bits per heavy atom. The normalized spacial score (nSPS) is 24.9. The van der Waals surface area contributed by atoms with Gasteiger partial charge in [-0.3, -0.25) is 4.79 Å². The fourth-order valence-electron chi connectivity index (χ4n) is 5.30. The lowest BCUT2D eigenvalue weighted by molar-refractivity contribution is -0.330. The molecule has 1 aliphatic heterocycles. The Labute approximate surface area is 197 Å². The van der Waals surface area contributed by atoms with Crippen LogP contribution >= 0.6 is 0 Å². The molecule has 2 aliphatic rings. The molecule has 8 nitrogen and oxygen atoms in total. The van der Waals surface area contributed by atoms with Crippen LogP contribution in [0.5, 0.6) is 11.5 Å². The summed E-state index contributed by atoms with van der Waals surface area (Å²) in [5.74, 6) is 0.619. The Morgan fingerprint density at radius 1 is 1.14 bits per heavy atom. The van der Waals surface area contributed by atoms with Crippen LogP contribution in [-0.4, -0.2) is 45.1 Å². The van der Waals surface area contributed by atoms with Gasteiger partial charge in [0.15, 0.2) is 17.1 Å². The summed E-state index contributed by atoms with van der Waals surface area (Å²) in [6, 6.07) is 7.47. The molecule has 0 amide bonds. The molecule has 11 heteroatoms. The van der Waals surface area contributed by atoms with Gasteiger partial charge in [-0.2, -0.15) is 18.3 Å². The monoisotopic (exact) mass is 491 g/mol. The highest BCUT2D eigenvalue weighted by Crippen LogP contribution is 2.59. The Morgan fingerprint density at radius 3 is 2.60 bits per heavy atom. The van der Waals surface area contributed by atoms with Crippen LogP contribution in [0.25, 0.3) is 10.8 Å². The van der Waals surface area contributed by atoms with Gasteiger partial charge in [0.1, 0.15) is 5.60 Å². The second-order valence-electron chi connectivity index (χ2n) is 9.69. The van der Waals surface area contributed by atoms with E-state index in [9.17, 15) is 28.2 Å². The topological polar surface area (TPSA) is 106 Å². The van der Waals surface area contributed by atoms with Gasteiger partial charge in [0, 0.05) is 23.7 Å². The van der Waals surface area contributed by atoms with Crippen molar-refractivity contribution in [3.8, 4) is 11.5 Å². The molecule has 2 heterocycles. The number of alkyl halides is 3. The summed E-state index contributed by atoms with van der Waals surface area (Å²) in [6.45, 7) is 2.31. The molecule has 2 atom stereocenters. The SMILES string of the molecule is Cn1ncc2c(NCC3(O)c4ccc5c(c4C(C)(C)CC3(O)C(F)(F)F)OCO5)cccc2c1=O. The number of ether oxygens (including phenoxy) is 2. The molecular weight excluding hydrogens is 467 g/mol. The van der Waals surface area contributed by atoms with Crippen LogP contribution in [-0.2, 0) is 18.1 Å². The third kappa shape index (κ3) is 3.21. The summed E-state index contributed by atoms with van der Waals surface area (Å²) in [5, 5.41) is 30.4.